The third kappa shape index (κ3) is 2.22. The highest BCUT2D eigenvalue weighted by Gasteiger charge is 2.24. The van der Waals surface area contributed by atoms with Gasteiger partial charge >= 0.3 is 0 Å². The number of nitrogens with zero attached hydrogens (tertiary/aromatic N) is 1. The van der Waals surface area contributed by atoms with Gasteiger partial charge in [-0.15, -0.1) is 0 Å². The minimum absolute atomic E-state index is 0.00733. The van der Waals surface area contributed by atoms with Crippen LogP contribution in [0.3, 0.4) is 0 Å². The molecule has 1 aliphatic rings. The van der Waals surface area contributed by atoms with Crippen LogP contribution in [0.5, 0.6) is 0 Å². The Morgan fingerprint density at radius 1 is 1.04 bits per heavy atom. The molecule has 0 bridgehead atoms. The molecule has 0 radical (unpaired) electrons. The van der Waals surface area contributed by atoms with Crippen LogP contribution in [-0.2, 0) is 13.1 Å². The molecule has 1 aliphatic heterocycles. The summed E-state index contributed by atoms with van der Waals surface area (Å²) in [4.78, 5) is 14.6. The maximum Gasteiger partial charge on any atom is 0.203 e. The van der Waals surface area contributed by atoms with E-state index in [9.17, 15) is 9.18 Å². The Balaban J connectivity index is 1.83. The molecular weight excluding hydrogens is 293 g/mol. The Hall–Kier alpha value is -2.62. The van der Waals surface area contributed by atoms with Crippen molar-refractivity contribution in [2.75, 3.05) is 4.90 Å². The molecule has 4 rings (SSSR count). The molecule has 23 heavy (non-hydrogen) atoms. The van der Waals surface area contributed by atoms with Gasteiger partial charge in [0.2, 0.25) is 5.88 Å². The van der Waals surface area contributed by atoms with Crippen molar-refractivity contribution in [1.29, 1.82) is 0 Å². The summed E-state index contributed by atoms with van der Waals surface area (Å²) in [6, 6.07) is 10.4. The number of hydrogen-bond donors (Lipinski definition) is 0. The Labute approximate surface area is 133 Å². The highest BCUT2D eigenvalue weighted by molar-refractivity contribution is 5.79. The summed E-state index contributed by atoms with van der Waals surface area (Å²) in [5, 5.41) is 0.606. The van der Waals surface area contributed by atoms with E-state index >= 15 is 0 Å². The standard InChI is InChI=1S/C19H16FNO2/c1-11-3-6-17-16(7-11)18(22)12(2)19(23-17)21-9-13-4-5-15(20)8-14(13)10-21/h3-8H,9-10H2,1-2H3. The summed E-state index contributed by atoms with van der Waals surface area (Å²) in [6.45, 7) is 4.91. The highest BCUT2D eigenvalue weighted by Crippen LogP contribution is 2.31. The molecule has 0 spiro atoms. The maximum atomic E-state index is 13.4. The average molecular weight is 309 g/mol. The second-order valence-electron chi connectivity index (χ2n) is 6.13. The quantitative estimate of drug-likeness (QED) is 0.679. The van der Waals surface area contributed by atoms with Crippen LogP contribution < -0.4 is 10.3 Å². The van der Waals surface area contributed by atoms with Crippen LogP contribution in [0.4, 0.5) is 10.3 Å². The fourth-order valence-electron chi connectivity index (χ4n) is 3.20. The van der Waals surface area contributed by atoms with Crippen LogP contribution in [0.1, 0.15) is 22.3 Å². The van der Waals surface area contributed by atoms with Crippen LogP contribution in [-0.4, -0.2) is 0 Å². The lowest BCUT2D eigenvalue weighted by molar-refractivity contribution is 0.570. The van der Waals surface area contributed by atoms with Gasteiger partial charge in [0.1, 0.15) is 11.4 Å². The number of benzene rings is 2. The second kappa shape index (κ2) is 4.95. The van der Waals surface area contributed by atoms with Crippen molar-refractivity contribution in [1.82, 2.24) is 0 Å². The van der Waals surface area contributed by atoms with Gasteiger partial charge in [0.05, 0.1) is 10.9 Å². The monoisotopic (exact) mass is 309 g/mol. The minimum Gasteiger partial charge on any atom is -0.440 e. The molecule has 0 unspecified atom stereocenters. The van der Waals surface area contributed by atoms with Crippen LogP contribution in [0.15, 0.2) is 45.6 Å². The predicted octanol–water partition coefficient (Wildman–Crippen LogP) is 4.07. The summed E-state index contributed by atoms with van der Waals surface area (Å²) in [5.41, 5.74) is 4.21. The van der Waals surface area contributed by atoms with Gasteiger partial charge in [-0.25, -0.2) is 4.39 Å². The molecule has 3 nitrogen and oxygen atoms in total. The van der Waals surface area contributed by atoms with E-state index in [1.165, 1.54) is 6.07 Å². The van der Waals surface area contributed by atoms with E-state index in [1.54, 1.807) is 19.1 Å². The van der Waals surface area contributed by atoms with E-state index in [-0.39, 0.29) is 11.2 Å². The second-order valence-corrected chi connectivity index (χ2v) is 6.13. The molecule has 0 aliphatic carbocycles. The van der Waals surface area contributed by atoms with Crippen LogP contribution in [0, 0.1) is 19.7 Å². The molecule has 3 aromatic rings. The summed E-state index contributed by atoms with van der Waals surface area (Å²) in [5.74, 6) is 0.334. The van der Waals surface area contributed by atoms with Crippen molar-refractivity contribution in [3.8, 4) is 0 Å². The topological polar surface area (TPSA) is 33.5 Å². The molecule has 0 fully saturated rings. The Bertz CT molecular complexity index is 991. The Morgan fingerprint density at radius 3 is 2.65 bits per heavy atom. The van der Waals surface area contributed by atoms with Crippen LogP contribution in [0.25, 0.3) is 11.0 Å². The largest absolute Gasteiger partial charge is 0.440 e. The lowest BCUT2D eigenvalue weighted by atomic mass is 10.1. The summed E-state index contributed by atoms with van der Waals surface area (Å²) < 4.78 is 19.4. The van der Waals surface area contributed by atoms with Gasteiger partial charge in [0, 0.05) is 13.1 Å². The van der Waals surface area contributed by atoms with Crippen molar-refractivity contribution in [3.05, 3.63) is 74.7 Å². The van der Waals surface area contributed by atoms with Crippen molar-refractivity contribution in [3.63, 3.8) is 0 Å². The van der Waals surface area contributed by atoms with Gasteiger partial charge in [-0.05, 0) is 49.2 Å². The summed E-state index contributed by atoms with van der Waals surface area (Å²) >= 11 is 0. The number of aryl methyl sites for hydroxylation is 1. The highest BCUT2D eigenvalue weighted by atomic mass is 19.1. The van der Waals surface area contributed by atoms with Gasteiger partial charge in [0.15, 0.2) is 5.43 Å². The van der Waals surface area contributed by atoms with E-state index in [4.69, 9.17) is 4.42 Å². The first-order valence-electron chi connectivity index (χ1n) is 7.59. The van der Waals surface area contributed by atoms with Gasteiger partial charge in [-0.1, -0.05) is 17.7 Å². The molecule has 2 heterocycles. The van der Waals surface area contributed by atoms with E-state index in [1.807, 2.05) is 30.0 Å². The molecule has 0 saturated carbocycles. The average Bonchev–Trinajstić information content (AvgIpc) is 2.94. The first-order chi connectivity index (χ1) is 11.0. The Morgan fingerprint density at radius 2 is 1.83 bits per heavy atom. The Kier molecular flexibility index (Phi) is 3.01. The minimum atomic E-state index is -0.238. The zero-order valence-corrected chi connectivity index (χ0v) is 13.0. The third-order valence-corrected chi connectivity index (χ3v) is 4.43. The predicted molar refractivity (Wildman–Crippen MR) is 88.2 cm³/mol. The van der Waals surface area contributed by atoms with Crippen molar-refractivity contribution < 1.29 is 8.81 Å². The smallest absolute Gasteiger partial charge is 0.203 e. The van der Waals surface area contributed by atoms with E-state index in [2.05, 4.69) is 0 Å². The van der Waals surface area contributed by atoms with Gasteiger partial charge < -0.3 is 9.32 Å². The van der Waals surface area contributed by atoms with Gasteiger partial charge in [-0.2, -0.15) is 0 Å². The molecule has 2 aromatic carbocycles. The zero-order valence-electron chi connectivity index (χ0n) is 13.0. The number of fused-ring (bicyclic) bond motifs is 2. The SMILES string of the molecule is Cc1ccc2oc(N3Cc4ccc(F)cc4C3)c(C)c(=O)c2c1. The van der Waals surface area contributed by atoms with Crippen molar-refractivity contribution in [2.45, 2.75) is 26.9 Å². The molecule has 0 amide bonds. The number of anilines is 1. The fraction of sp³-hybridized carbons (Fsp3) is 0.211. The molecule has 4 heteroatoms. The lowest BCUT2D eigenvalue weighted by Crippen LogP contribution is -2.19. The first kappa shape index (κ1) is 14.0. The third-order valence-electron chi connectivity index (χ3n) is 4.43. The zero-order chi connectivity index (χ0) is 16.1. The number of rotatable bonds is 1. The molecule has 1 aromatic heterocycles. The first-order valence-corrected chi connectivity index (χ1v) is 7.59. The van der Waals surface area contributed by atoms with Crippen molar-refractivity contribution in [2.24, 2.45) is 0 Å². The molecule has 0 saturated heterocycles. The molecule has 0 atom stereocenters. The summed E-state index contributed by atoms with van der Waals surface area (Å²) in [6.07, 6.45) is 0. The van der Waals surface area contributed by atoms with Crippen LogP contribution >= 0.6 is 0 Å². The van der Waals surface area contributed by atoms with E-state index in [0.717, 1.165) is 16.7 Å². The van der Waals surface area contributed by atoms with E-state index < -0.39 is 0 Å². The number of hydrogen-bond acceptors (Lipinski definition) is 3. The molecular formula is C19H16FNO2. The molecule has 116 valence electrons. The lowest BCUT2D eigenvalue weighted by Gasteiger charge is -2.18. The van der Waals surface area contributed by atoms with Gasteiger partial charge in [-0.3, -0.25) is 4.79 Å². The van der Waals surface area contributed by atoms with Crippen LogP contribution in [0.2, 0.25) is 0 Å². The van der Waals surface area contributed by atoms with E-state index in [0.29, 0.717) is 35.5 Å². The summed E-state index contributed by atoms with van der Waals surface area (Å²) in [7, 11) is 0. The maximum absolute atomic E-state index is 13.4. The van der Waals surface area contributed by atoms with Gasteiger partial charge in [0.25, 0.3) is 0 Å². The number of halogens is 1. The fourth-order valence-corrected chi connectivity index (χ4v) is 3.20. The van der Waals surface area contributed by atoms with Crippen molar-refractivity contribution >= 4 is 16.9 Å². The normalized spacial score (nSPS) is 13.6. The molecule has 0 N–H and O–H groups in total.